The van der Waals surface area contributed by atoms with Gasteiger partial charge in [-0.15, -0.1) is 0 Å². The summed E-state index contributed by atoms with van der Waals surface area (Å²) in [6.07, 6.45) is 1.60. The van der Waals surface area contributed by atoms with Gasteiger partial charge in [0.25, 0.3) is 0 Å². The van der Waals surface area contributed by atoms with Gasteiger partial charge in [0.2, 0.25) is 9.84 Å². The summed E-state index contributed by atoms with van der Waals surface area (Å²) in [5.74, 6) is -3.41. The van der Waals surface area contributed by atoms with Crippen molar-refractivity contribution in [2.45, 2.75) is 35.6 Å². The van der Waals surface area contributed by atoms with Crippen molar-refractivity contribution in [2.24, 2.45) is 0 Å². The van der Waals surface area contributed by atoms with E-state index in [0.29, 0.717) is 12.3 Å². The molecular weight excluding hydrogens is 348 g/mol. The summed E-state index contributed by atoms with van der Waals surface area (Å²) in [6.45, 7) is 0.620. The molecule has 0 aromatic heterocycles. The number of benzene rings is 2. The quantitative estimate of drug-likeness (QED) is 0.867. The fourth-order valence-electron chi connectivity index (χ4n) is 2.91. The van der Waals surface area contributed by atoms with Crippen LogP contribution >= 0.6 is 0 Å². The Morgan fingerprint density at radius 2 is 1.72 bits per heavy atom. The highest BCUT2D eigenvalue weighted by molar-refractivity contribution is 7.91. The predicted octanol–water partition coefficient (Wildman–Crippen LogP) is 4.02. The van der Waals surface area contributed by atoms with Crippen LogP contribution < -0.4 is 5.32 Å². The third-order valence-corrected chi connectivity index (χ3v) is 5.64. The van der Waals surface area contributed by atoms with Crippen molar-refractivity contribution < 1.29 is 21.9 Å². The molecule has 1 N–H and O–H groups in total. The van der Waals surface area contributed by atoms with E-state index in [2.05, 4.69) is 5.32 Å². The minimum Gasteiger partial charge on any atom is -0.382 e. The molecule has 0 aliphatic carbocycles. The summed E-state index contributed by atoms with van der Waals surface area (Å²) < 4.78 is 53.8. The molecule has 0 radical (unpaired) electrons. The molecule has 0 saturated carbocycles. The number of anilines is 1. The van der Waals surface area contributed by atoms with Gasteiger partial charge in [-0.1, -0.05) is 30.3 Å². The topological polar surface area (TPSA) is 55.4 Å². The molecule has 1 heterocycles. The lowest BCUT2D eigenvalue weighted by Crippen LogP contribution is -2.30. The molecule has 25 heavy (non-hydrogen) atoms. The lowest BCUT2D eigenvalue weighted by molar-refractivity contribution is 0.00980. The maximum absolute atomic E-state index is 12.6. The number of hydrogen-bond acceptors (Lipinski definition) is 4. The zero-order chi connectivity index (χ0) is 17.9. The standard InChI is InChI=1S/C18H19F2NO3S/c19-18(20)25(22,23)16-8-6-14(7-9-16)21-15-10-11-24-17(12-15)13-4-2-1-3-5-13/h1-9,15,17-18,21H,10-12H2. The average Bonchev–Trinajstić information content (AvgIpc) is 2.63. The first-order chi connectivity index (χ1) is 12.0. The van der Waals surface area contributed by atoms with Crippen LogP contribution in [0.25, 0.3) is 0 Å². The molecule has 0 amide bonds. The highest BCUT2D eigenvalue weighted by Gasteiger charge is 2.27. The number of hydrogen-bond donors (Lipinski definition) is 1. The van der Waals surface area contributed by atoms with E-state index >= 15 is 0 Å². The normalized spacial score (nSPS) is 21.2. The van der Waals surface area contributed by atoms with Gasteiger partial charge in [-0.3, -0.25) is 0 Å². The van der Waals surface area contributed by atoms with Crippen molar-refractivity contribution in [3.63, 3.8) is 0 Å². The van der Waals surface area contributed by atoms with E-state index in [9.17, 15) is 17.2 Å². The van der Waals surface area contributed by atoms with E-state index in [1.165, 1.54) is 24.3 Å². The van der Waals surface area contributed by atoms with Crippen LogP contribution in [0.15, 0.2) is 59.5 Å². The fourth-order valence-corrected chi connectivity index (χ4v) is 3.63. The molecular formula is C18H19F2NO3S. The minimum atomic E-state index is -4.55. The van der Waals surface area contributed by atoms with Crippen LogP contribution in [0.4, 0.5) is 14.5 Å². The van der Waals surface area contributed by atoms with Gasteiger partial charge >= 0.3 is 5.76 Å². The molecule has 4 nitrogen and oxygen atoms in total. The summed E-state index contributed by atoms with van der Waals surface area (Å²) in [5.41, 5.74) is 1.82. The van der Waals surface area contributed by atoms with Crippen LogP contribution in [0.3, 0.4) is 0 Å². The minimum absolute atomic E-state index is 0.00549. The van der Waals surface area contributed by atoms with E-state index in [1.54, 1.807) is 0 Å². The summed E-state index contributed by atoms with van der Waals surface area (Å²) in [4.78, 5) is -0.373. The van der Waals surface area contributed by atoms with E-state index in [4.69, 9.17) is 4.74 Å². The Labute approximate surface area is 145 Å². The Balaban J connectivity index is 1.66. The van der Waals surface area contributed by atoms with Gasteiger partial charge < -0.3 is 10.1 Å². The first-order valence-electron chi connectivity index (χ1n) is 8.02. The van der Waals surface area contributed by atoms with Crippen molar-refractivity contribution in [2.75, 3.05) is 11.9 Å². The number of sulfone groups is 1. The molecule has 1 aliphatic rings. The first-order valence-corrected chi connectivity index (χ1v) is 9.56. The molecule has 0 spiro atoms. The van der Waals surface area contributed by atoms with Crippen LogP contribution in [0, 0.1) is 0 Å². The van der Waals surface area contributed by atoms with Crippen LogP contribution in [0.2, 0.25) is 0 Å². The van der Waals surface area contributed by atoms with Crippen molar-refractivity contribution >= 4 is 15.5 Å². The summed E-state index contributed by atoms with van der Waals surface area (Å²) in [7, 11) is -4.55. The van der Waals surface area contributed by atoms with Gasteiger partial charge in [0.1, 0.15) is 0 Å². The average molecular weight is 367 g/mol. The highest BCUT2D eigenvalue weighted by atomic mass is 32.2. The van der Waals surface area contributed by atoms with Crippen molar-refractivity contribution in [1.82, 2.24) is 0 Å². The maximum atomic E-state index is 12.6. The van der Waals surface area contributed by atoms with E-state index in [-0.39, 0.29) is 17.0 Å². The largest absolute Gasteiger partial charge is 0.382 e. The van der Waals surface area contributed by atoms with Crippen LogP contribution in [-0.4, -0.2) is 26.8 Å². The van der Waals surface area contributed by atoms with Crippen LogP contribution in [0.5, 0.6) is 0 Å². The third kappa shape index (κ3) is 4.16. The Morgan fingerprint density at radius 3 is 2.36 bits per heavy atom. The third-order valence-electron chi connectivity index (χ3n) is 4.24. The van der Waals surface area contributed by atoms with Gasteiger partial charge in [0, 0.05) is 18.3 Å². The van der Waals surface area contributed by atoms with Gasteiger partial charge in [0.15, 0.2) is 0 Å². The molecule has 3 rings (SSSR count). The Bertz CT molecular complexity index is 795. The van der Waals surface area contributed by atoms with Crippen molar-refractivity contribution in [1.29, 1.82) is 0 Å². The SMILES string of the molecule is O=S(=O)(c1ccc(NC2CCOC(c3ccccc3)C2)cc1)C(F)F. The number of nitrogens with one attached hydrogen (secondary N) is 1. The second kappa shape index (κ2) is 7.49. The summed E-state index contributed by atoms with van der Waals surface area (Å²) >= 11 is 0. The second-order valence-corrected chi connectivity index (χ2v) is 7.88. The lowest BCUT2D eigenvalue weighted by Gasteiger charge is -2.31. The number of rotatable bonds is 5. The molecule has 1 saturated heterocycles. The Hall–Kier alpha value is -1.99. The molecule has 1 fully saturated rings. The first kappa shape index (κ1) is 17.8. The Kier molecular flexibility index (Phi) is 5.34. The zero-order valence-electron chi connectivity index (χ0n) is 13.4. The molecule has 1 aliphatic heterocycles. The van der Waals surface area contributed by atoms with Gasteiger partial charge in [-0.2, -0.15) is 8.78 Å². The van der Waals surface area contributed by atoms with E-state index < -0.39 is 15.6 Å². The van der Waals surface area contributed by atoms with Gasteiger partial charge in [-0.05, 0) is 42.7 Å². The number of ether oxygens (including phenoxy) is 1. The van der Waals surface area contributed by atoms with Gasteiger partial charge in [-0.25, -0.2) is 8.42 Å². The van der Waals surface area contributed by atoms with E-state index in [1.807, 2.05) is 30.3 Å². The van der Waals surface area contributed by atoms with Crippen molar-refractivity contribution in [3.05, 3.63) is 60.2 Å². The lowest BCUT2D eigenvalue weighted by atomic mass is 9.97. The fraction of sp³-hybridized carbons (Fsp3) is 0.333. The number of halogens is 2. The summed E-state index contributed by atoms with van der Waals surface area (Å²) in [6, 6.07) is 15.6. The second-order valence-electron chi connectivity index (χ2n) is 5.97. The van der Waals surface area contributed by atoms with Crippen LogP contribution in [0.1, 0.15) is 24.5 Å². The molecule has 2 aromatic carbocycles. The molecule has 0 bridgehead atoms. The predicted molar refractivity (Wildman–Crippen MR) is 91.4 cm³/mol. The maximum Gasteiger partial charge on any atom is 0.341 e. The molecule has 7 heteroatoms. The molecule has 2 unspecified atom stereocenters. The highest BCUT2D eigenvalue weighted by Crippen LogP contribution is 2.30. The molecule has 2 aromatic rings. The zero-order valence-corrected chi connectivity index (χ0v) is 14.3. The summed E-state index contributed by atoms with van der Waals surface area (Å²) in [5, 5.41) is 3.33. The Morgan fingerprint density at radius 1 is 1.04 bits per heavy atom. The van der Waals surface area contributed by atoms with E-state index in [0.717, 1.165) is 18.4 Å². The van der Waals surface area contributed by atoms with Gasteiger partial charge in [0.05, 0.1) is 11.0 Å². The smallest absolute Gasteiger partial charge is 0.341 e. The monoisotopic (exact) mass is 367 g/mol. The van der Waals surface area contributed by atoms with Crippen LogP contribution in [-0.2, 0) is 14.6 Å². The van der Waals surface area contributed by atoms with Crippen molar-refractivity contribution in [3.8, 4) is 0 Å². The number of alkyl halides is 2. The molecule has 134 valence electrons. The molecule has 2 atom stereocenters.